The number of halogens is 1. The van der Waals surface area contributed by atoms with E-state index in [4.69, 9.17) is 9.47 Å². The zero-order chi connectivity index (χ0) is 12.1. The Morgan fingerprint density at radius 3 is 3.18 bits per heavy atom. The summed E-state index contributed by atoms with van der Waals surface area (Å²) in [5, 5.41) is 2.73. The Hall–Kier alpha value is -1.43. The van der Waals surface area contributed by atoms with Crippen molar-refractivity contribution in [3.63, 3.8) is 0 Å². The van der Waals surface area contributed by atoms with Crippen molar-refractivity contribution in [3.8, 4) is 5.88 Å². The van der Waals surface area contributed by atoms with Gasteiger partial charge in [0.1, 0.15) is 6.61 Å². The SMILES string of the molecule is CNc1ncc(F)c(OCC2CCCCO2)n1. The molecule has 0 aromatic carbocycles. The quantitative estimate of drug-likeness (QED) is 0.867. The van der Waals surface area contributed by atoms with Crippen LogP contribution in [0.5, 0.6) is 5.88 Å². The molecule has 1 fully saturated rings. The lowest BCUT2D eigenvalue weighted by Crippen LogP contribution is -2.26. The highest BCUT2D eigenvalue weighted by Crippen LogP contribution is 2.17. The van der Waals surface area contributed by atoms with Crippen LogP contribution in [0.15, 0.2) is 6.20 Å². The molecule has 2 heterocycles. The van der Waals surface area contributed by atoms with Gasteiger partial charge in [0.15, 0.2) is 0 Å². The Labute approximate surface area is 99.4 Å². The second-order valence-corrected chi connectivity index (χ2v) is 3.90. The summed E-state index contributed by atoms with van der Waals surface area (Å²) >= 11 is 0. The van der Waals surface area contributed by atoms with Gasteiger partial charge in [-0.1, -0.05) is 0 Å². The number of aromatic nitrogens is 2. The van der Waals surface area contributed by atoms with Crippen LogP contribution in [0.25, 0.3) is 0 Å². The molecule has 1 unspecified atom stereocenters. The van der Waals surface area contributed by atoms with Crippen LogP contribution in [0.3, 0.4) is 0 Å². The third kappa shape index (κ3) is 3.26. The Bertz CT molecular complexity index is 370. The van der Waals surface area contributed by atoms with Gasteiger partial charge in [-0.25, -0.2) is 4.98 Å². The fraction of sp³-hybridized carbons (Fsp3) is 0.636. The van der Waals surface area contributed by atoms with Crippen molar-refractivity contribution in [2.75, 3.05) is 25.6 Å². The topological polar surface area (TPSA) is 56.3 Å². The van der Waals surface area contributed by atoms with E-state index in [1.807, 2.05) is 0 Å². The van der Waals surface area contributed by atoms with E-state index >= 15 is 0 Å². The molecule has 0 spiro atoms. The minimum Gasteiger partial charge on any atom is -0.473 e. The van der Waals surface area contributed by atoms with Gasteiger partial charge in [-0.2, -0.15) is 9.37 Å². The number of nitrogens with one attached hydrogen (secondary N) is 1. The van der Waals surface area contributed by atoms with E-state index in [9.17, 15) is 4.39 Å². The van der Waals surface area contributed by atoms with Crippen LogP contribution in [0, 0.1) is 5.82 Å². The maximum atomic E-state index is 13.3. The second kappa shape index (κ2) is 5.77. The molecule has 1 aliphatic heterocycles. The molecular formula is C11H16FN3O2. The van der Waals surface area contributed by atoms with Gasteiger partial charge in [-0.05, 0) is 19.3 Å². The molecule has 1 N–H and O–H groups in total. The third-order valence-corrected chi connectivity index (χ3v) is 2.62. The molecule has 0 saturated carbocycles. The van der Waals surface area contributed by atoms with Crippen molar-refractivity contribution >= 4 is 5.95 Å². The minimum absolute atomic E-state index is 0.0291. The van der Waals surface area contributed by atoms with Gasteiger partial charge in [0, 0.05) is 13.7 Å². The van der Waals surface area contributed by atoms with Crippen LogP contribution in [0.2, 0.25) is 0 Å². The highest BCUT2D eigenvalue weighted by atomic mass is 19.1. The van der Waals surface area contributed by atoms with E-state index in [1.165, 1.54) is 0 Å². The molecule has 2 rings (SSSR count). The lowest BCUT2D eigenvalue weighted by molar-refractivity contribution is -0.0127. The third-order valence-electron chi connectivity index (χ3n) is 2.62. The Balaban J connectivity index is 1.92. The molecule has 1 aromatic rings. The second-order valence-electron chi connectivity index (χ2n) is 3.90. The highest BCUT2D eigenvalue weighted by Gasteiger charge is 2.16. The van der Waals surface area contributed by atoms with Crippen LogP contribution in [-0.2, 0) is 4.74 Å². The number of hydrogen-bond donors (Lipinski definition) is 1. The summed E-state index contributed by atoms with van der Waals surface area (Å²) in [6.45, 7) is 1.08. The number of anilines is 1. The van der Waals surface area contributed by atoms with Crippen molar-refractivity contribution in [2.24, 2.45) is 0 Å². The molecule has 0 bridgehead atoms. The average Bonchev–Trinajstić information content (AvgIpc) is 2.39. The van der Waals surface area contributed by atoms with Crippen molar-refractivity contribution in [1.29, 1.82) is 0 Å². The first-order valence-corrected chi connectivity index (χ1v) is 5.74. The van der Waals surface area contributed by atoms with Gasteiger partial charge in [0.2, 0.25) is 11.8 Å². The minimum atomic E-state index is -0.556. The van der Waals surface area contributed by atoms with Crippen molar-refractivity contribution < 1.29 is 13.9 Å². The Morgan fingerprint density at radius 2 is 2.47 bits per heavy atom. The molecule has 0 radical (unpaired) electrons. The van der Waals surface area contributed by atoms with Crippen LogP contribution in [0.4, 0.5) is 10.3 Å². The van der Waals surface area contributed by atoms with E-state index in [2.05, 4.69) is 15.3 Å². The number of nitrogens with zero attached hydrogens (tertiary/aromatic N) is 2. The Morgan fingerprint density at radius 1 is 1.59 bits per heavy atom. The summed E-state index contributed by atoms with van der Waals surface area (Å²) in [6, 6.07) is 0. The fourth-order valence-electron chi connectivity index (χ4n) is 1.68. The predicted molar refractivity (Wildman–Crippen MR) is 60.6 cm³/mol. The Kier molecular flexibility index (Phi) is 4.08. The van der Waals surface area contributed by atoms with E-state index < -0.39 is 5.82 Å². The van der Waals surface area contributed by atoms with Gasteiger partial charge in [0.25, 0.3) is 5.88 Å². The van der Waals surface area contributed by atoms with E-state index in [1.54, 1.807) is 7.05 Å². The van der Waals surface area contributed by atoms with E-state index in [-0.39, 0.29) is 12.0 Å². The molecule has 6 heteroatoms. The normalized spacial score (nSPS) is 20.0. The van der Waals surface area contributed by atoms with Crippen LogP contribution < -0.4 is 10.1 Å². The lowest BCUT2D eigenvalue weighted by Gasteiger charge is -2.22. The van der Waals surface area contributed by atoms with Crippen molar-refractivity contribution in [2.45, 2.75) is 25.4 Å². The first kappa shape index (κ1) is 12.0. The number of rotatable bonds is 4. The fourth-order valence-corrected chi connectivity index (χ4v) is 1.68. The van der Waals surface area contributed by atoms with Gasteiger partial charge in [-0.15, -0.1) is 0 Å². The summed E-state index contributed by atoms with van der Waals surface area (Å²) < 4.78 is 24.2. The molecule has 94 valence electrons. The lowest BCUT2D eigenvalue weighted by atomic mass is 10.1. The summed E-state index contributed by atoms with van der Waals surface area (Å²) in [4.78, 5) is 7.64. The summed E-state index contributed by atoms with van der Waals surface area (Å²) in [6.07, 6.45) is 4.29. The van der Waals surface area contributed by atoms with E-state index in [0.29, 0.717) is 12.6 Å². The highest BCUT2D eigenvalue weighted by molar-refractivity contribution is 5.27. The first-order chi connectivity index (χ1) is 8.29. The first-order valence-electron chi connectivity index (χ1n) is 5.74. The maximum absolute atomic E-state index is 13.3. The molecule has 17 heavy (non-hydrogen) atoms. The van der Waals surface area contributed by atoms with Gasteiger partial charge in [-0.3, -0.25) is 0 Å². The number of hydrogen-bond acceptors (Lipinski definition) is 5. The zero-order valence-electron chi connectivity index (χ0n) is 9.78. The molecule has 0 aliphatic carbocycles. The largest absolute Gasteiger partial charge is 0.473 e. The molecule has 5 nitrogen and oxygen atoms in total. The van der Waals surface area contributed by atoms with Crippen molar-refractivity contribution in [1.82, 2.24) is 9.97 Å². The standard InChI is InChI=1S/C11H16FN3O2/c1-13-11-14-6-9(12)10(15-11)17-7-8-4-2-3-5-16-8/h6,8H,2-5,7H2,1H3,(H,13,14,15). The molecule has 1 aromatic heterocycles. The summed E-state index contributed by atoms with van der Waals surface area (Å²) in [5.74, 6) is -0.246. The predicted octanol–water partition coefficient (Wildman–Crippen LogP) is 1.61. The zero-order valence-corrected chi connectivity index (χ0v) is 9.78. The maximum Gasteiger partial charge on any atom is 0.255 e. The average molecular weight is 241 g/mol. The van der Waals surface area contributed by atoms with Crippen LogP contribution >= 0.6 is 0 Å². The number of ether oxygens (including phenoxy) is 2. The van der Waals surface area contributed by atoms with Crippen LogP contribution in [0.1, 0.15) is 19.3 Å². The molecule has 0 amide bonds. The van der Waals surface area contributed by atoms with Crippen LogP contribution in [-0.4, -0.2) is 36.3 Å². The molecule has 1 atom stereocenters. The molecule has 1 aliphatic rings. The van der Waals surface area contributed by atoms with E-state index in [0.717, 1.165) is 32.1 Å². The molecular weight excluding hydrogens is 225 g/mol. The van der Waals surface area contributed by atoms with Crippen molar-refractivity contribution in [3.05, 3.63) is 12.0 Å². The smallest absolute Gasteiger partial charge is 0.255 e. The summed E-state index contributed by atoms with van der Waals surface area (Å²) in [7, 11) is 1.67. The summed E-state index contributed by atoms with van der Waals surface area (Å²) in [5.41, 5.74) is 0. The van der Waals surface area contributed by atoms with Gasteiger partial charge in [0.05, 0.1) is 12.3 Å². The monoisotopic (exact) mass is 241 g/mol. The van der Waals surface area contributed by atoms with Gasteiger partial charge < -0.3 is 14.8 Å². The van der Waals surface area contributed by atoms with Gasteiger partial charge >= 0.3 is 0 Å². The molecule has 1 saturated heterocycles.